The topological polar surface area (TPSA) is 66.4 Å². The van der Waals surface area contributed by atoms with Crippen LogP contribution in [0.1, 0.15) is 33.6 Å². The van der Waals surface area contributed by atoms with Gasteiger partial charge >= 0.3 is 5.97 Å². The van der Waals surface area contributed by atoms with E-state index in [4.69, 9.17) is 5.11 Å². The molecule has 0 aliphatic heterocycles. The number of amides is 1. The summed E-state index contributed by atoms with van der Waals surface area (Å²) < 4.78 is 0. The van der Waals surface area contributed by atoms with Gasteiger partial charge in [-0.05, 0) is 29.7 Å². The van der Waals surface area contributed by atoms with E-state index in [1.807, 2.05) is 30.3 Å². The molecule has 5 heteroatoms. The summed E-state index contributed by atoms with van der Waals surface area (Å²) in [6, 6.07) is 9.14. The molecule has 0 fully saturated rings. The molecule has 0 bridgehead atoms. The van der Waals surface area contributed by atoms with Crippen molar-refractivity contribution in [3.05, 3.63) is 30.3 Å². The van der Waals surface area contributed by atoms with Crippen LogP contribution in [-0.4, -0.2) is 28.8 Å². The summed E-state index contributed by atoms with van der Waals surface area (Å²) in [5.41, 5.74) is -0.500. The number of aliphatic carboxylic acids is 1. The molecule has 0 aromatic heterocycles. The van der Waals surface area contributed by atoms with Gasteiger partial charge in [0.25, 0.3) is 0 Å². The van der Waals surface area contributed by atoms with Crippen LogP contribution in [0.25, 0.3) is 0 Å². The van der Waals surface area contributed by atoms with Crippen molar-refractivity contribution in [1.29, 1.82) is 0 Å². The Kier molecular flexibility index (Phi) is 6.75. The second-order valence-electron chi connectivity index (χ2n) is 5.97. The van der Waals surface area contributed by atoms with Crippen molar-refractivity contribution in [1.82, 2.24) is 5.32 Å². The Morgan fingerprint density at radius 1 is 1.24 bits per heavy atom. The minimum atomic E-state index is -0.991. The van der Waals surface area contributed by atoms with Crippen molar-refractivity contribution in [2.45, 2.75) is 44.6 Å². The molecule has 21 heavy (non-hydrogen) atoms. The first-order chi connectivity index (χ1) is 9.80. The van der Waals surface area contributed by atoms with Crippen LogP contribution in [-0.2, 0) is 9.59 Å². The Balaban J connectivity index is 2.32. The monoisotopic (exact) mass is 309 g/mol. The van der Waals surface area contributed by atoms with Gasteiger partial charge in [-0.3, -0.25) is 4.79 Å². The molecule has 1 unspecified atom stereocenters. The van der Waals surface area contributed by atoms with Gasteiger partial charge in [-0.1, -0.05) is 39.0 Å². The summed E-state index contributed by atoms with van der Waals surface area (Å²) in [5, 5.41) is 11.8. The van der Waals surface area contributed by atoms with Crippen molar-refractivity contribution in [3.63, 3.8) is 0 Å². The number of thioether (sulfide) groups is 1. The fraction of sp³-hybridized carbons (Fsp3) is 0.500. The van der Waals surface area contributed by atoms with Crippen LogP contribution in [0.2, 0.25) is 0 Å². The highest BCUT2D eigenvalue weighted by Gasteiger charge is 2.32. The van der Waals surface area contributed by atoms with Gasteiger partial charge in [0.2, 0.25) is 5.91 Å². The summed E-state index contributed by atoms with van der Waals surface area (Å²) in [6.07, 6.45) is 1.07. The summed E-state index contributed by atoms with van der Waals surface area (Å²) in [6.45, 7) is 5.41. The normalized spacial score (nSPS) is 12.7. The Bertz CT molecular complexity index is 468. The summed E-state index contributed by atoms with van der Waals surface area (Å²) in [5.74, 6) is -0.356. The molecular formula is C16H23NO3S. The molecule has 1 aromatic carbocycles. The van der Waals surface area contributed by atoms with Gasteiger partial charge in [0.05, 0.1) is 0 Å². The first-order valence-electron chi connectivity index (χ1n) is 7.00. The molecule has 0 heterocycles. The number of hydrogen-bond acceptors (Lipinski definition) is 3. The van der Waals surface area contributed by atoms with Crippen LogP contribution in [0.4, 0.5) is 0 Å². The molecular weight excluding hydrogens is 286 g/mol. The van der Waals surface area contributed by atoms with Crippen molar-refractivity contribution >= 4 is 23.6 Å². The van der Waals surface area contributed by atoms with Crippen LogP contribution >= 0.6 is 11.8 Å². The van der Waals surface area contributed by atoms with E-state index in [-0.39, 0.29) is 5.91 Å². The van der Waals surface area contributed by atoms with E-state index in [9.17, 15) is 9.59 Å². The summed E-state index contributed by atoms with van der Waals surface area (Å²) in [7, 11) is 0. The van der Waals surface area contributed by atoms with E-state index in [2.05, 4.69) is 5.32 Å². The lowest BCUT2D eigenvalue weighted by molar-refractivity contribution is -0.144. The van der Waals surface area contributed by atoms with Gasteiger partial charge in [-0.2, -0.15) is 0 Å². The fourth-order valence-electron chi connectivity index (χ4n) is 1.82. The lowest BCUT2D eigenvalue weighted by atomic mass is 9.86. The number of carboxylic acid groups (broad SMARTS) is 1. The molecule has 2 N–H and O–H groups in total. The van der Waals surface area contributed by atoms with Crippen molar-refractivity contribution < 1.29 is 14.7 Å². The summed E-state index contributed by atoms with van der Waals surface area (Å²) >= 11 is 1.70. The maximum Gasteiger partial charge on any atom is 0.326 e. The van der Waals surface area contributed by atoms with Crippen LogP contribution < -0.4 is 5.32 Å². The maximum atomic E-state index is 11.8. The van der Waals surface area contributed by atoms with Gasteiger partial charge in [-0.25, -0.2) is 4.79 Å². The quantitative estimate of drug-likeness (QED) is 0.600. The molecule has 0 saturated carbocycles. The SMILES string of the molecule is CC(C)(C)C(NC(=O)CCCSc1ccccc1)C(=O)O. The van der Waals surface area contributed by atoms with E-state index in [1.54, 1.807) is 32.5 Å². The van der Waals surface area contributed by atoms with E-state index in [0.29, 0.717) is 6.42 Å². The van der Waals surface area contributed by atoms with E-state index >= 15 is 0 Å². The number of carboxylic acids is 1. The third kappa shape index (κ3) is 6.67. The van der Waals surface area contributed by atoms with Crippen molar-refractivity contribution in [2.75, 3.05) is 5.75 Å². The number of carbonyl (C=O) groups is 2. The van der Waals surface area contributed by atoms with E-state index in [1.165, 1.54) is 4.90 Å². The van der Waals surface area contributed by atoms with Gasteiger partial charge in [0.15, 0.2) is 0 Å². The Hall–Kier alpha value is -1.49. The second-order valence-corrected chi connectivity index (χ2v) is 7.14. The molecule has 0 spiro atoms. The largest absolute Gasteiger partial charge is 0.480 e. The zero-order valence-electron chi connectivity index (χ0n) is 12.8. The molecule has 1 amide bonds. The average Bonchev–Trinajstić information content (AvgIpc) is 2.40. The molecule has 0 saturated heterocycles. The predicted molar refractivity (Wildman–Crippen MR) is 85.4 cm³/mol. The lowest BCUT2D eigenvalue weighted by Gasteiger charge is -2.27. The highest BCUT2D eigenvalue weighted by Crippen LogP contribution is 2.20. The number of nitrogens with one attached hydrogen (secondary N) is 1. The van der Waals surface area contributed by atoms with Crippen LogP contribution in [0.15, 0.2) is 35.2 Å². The molecule has 1 rings (SSSR count). The minimum absolute atomic E-state index is 0.203. The molecule has 1 atom stereocenters. The first kappa shape index (κ1) is 17.6. The highest BCUT2D eigenvalue weighted by atomic mass is 32.2. The zero-order valence-corrected chi connectivity index (χ0v) is 13.6. The zero-order chi connectivity index (χ0) is 15.9. The number of carbonyl (C=O) groups excluding carboxylic acids is 1. The van der Waals surface area contributed by atoms with Crippen LogP contribution in [0.5, 0.6) is 0 Å². The number of rotatable bonds is 7. The van der Waals surface area contributed by atoms with E-state index < -0.39 is 17.4 Å². The lowest BCUT2D eigenvalue weighted by Crippen LogP contribution is -2.49. The molecule has 4 nitrogen and oxygen atoms in total. The van der Waals surface area contributed by atoms with Gasteiger partial charge in [0.1, 0.15) is 6.04 Å². The second kappa shape index (κ2) is 8.08. The fourth-order valence-corrected chi connectivity index (χ4v) is 2.70. The smallest absolute Gasteiger partial charge is 0.326 e. The molecule has 0 aliphatic carbocycles. The van der Waals surface area contributed by atoms with Gasteiger partial charge < -0.3 is 10.4 Å². The van der Waals surface area contributed by atoms with Gasteiger partial charge in [-0.15, -0.1) is 11.8 Å². The van der Waals surface area contributed by atoms with Crippen LogP contribution in [0.3, 0.4) is 0 Å². The maximum absolute atomic E-state index is 11.8. The third-order valence-electron chi connectivity index (χ3n) is 2.98. The molecule has 1 aromatic rings. The van der Waals surface area contributed by atoms with Gasteiger partial charge in [0, 0.05) is 11.3 Å². The number of hydrogen-bond donors (Lipinski definition) is 2. The first-order valence-corrected chi connectivity index (χ1v) is 7.99. The third-order valence-corrected chi connectivity index (χ3v) is 4.08. The predicted octanol–water partition coefficient (Wildman–Crippen LogP) is 3.17. The van der Waals surface area contributed by atoms with Crippen LogP contribution in [0, 0.1) is 5.41 Å². The Morgan fingerprint density at radius 3 is 2.38 bits per heavy atom. The van der Waals surface area contributed by atoms with Crippen molar-refractivity contribution in [3.8, 4) is 0 Å². The molecule has 0 radical (unpaired) electrons. The Labute approximate surface area is 130 Å². The highest BCUT2D eigenvalue weighted by molar-refractivity contribution is 7.99. The Morgan fingerprint density at radius 2 is 1.86 bits per heavy atom. The molecule has 116 valence electrons. The number of benzene rings is 1. The van der Waals surface area contributed by atoms with Crippen molar-refractivity contribution in [2.24, 2.45) is 5.41 Å². The van der Waals surface area contributed by atoms with E-state index in [0.717, 1.165) is 12.2 Å². The average molecular weight is 309 g/mol. The minimum Gasteiger partial charge on any atom is -0.480 e. The summed E-state index contributed by atoms with van der Waals surface area (Å²) in [4.78, 5) is 24.2. The standard InChI is InChI=1S/C16H23NO3S/c1-16(2,3)14(15(19)20)17-13(18)10-7-11-21-12-8-5-4-6-9-12/h4-6,8-9,14H,7,10-11H2,1-3H3,(H,17,18)(H,19,20). The molecule has 0 aliphatic rings.